The molecule has 0 atom stereocenters. The second kappa shape index (κ2) is 12.0. The monoisotopic (exact) mass is 614 g/mol. The Kier molecular flexibility index (Phi) is 8.04. The van der Waals surface area contributed by atoms with E-state index < -0.39 is 0 Å². The van der Waals surface area contributed by atoms with Crippen molar-refractivity contribution in [3.63, 3.8) is 0 Å². The van der Waals surface area contributed by atoms with Crippen molar-refractivity contribution in [2.24, 2.45) is 4.99 Å². The van der Waals surface area contributed by atoms with Crippen LogP contribution in [0.5, 0.6) is 5.75 Å². The molecular weight excluding hydrogens is 595 g/mol. The summed E-state index contributed by atoms with van der Waals surface area (Å²) in [7, 11) is 0. The minimum absolute atomic E-state index is 0.193. The summed E-state index contributed by atoms with van der Waals surface area (Å²) in [6.07, 6.45) is 1.89. The Bertz CT molecular complexity index is 1800. The predicted octanol–water partition coefficient (Wildman–Crippen LogP) is 10.2. The summed E-state index contributed by atoms with van der Waals surface area (Å²) >= 11 is 19.6. The van der Waals surface area contributed by atoms with E-state index in [1.807, 2.05) is 78.9 Å². The van der Waals surface area contributed by atoms with Crippen LogP contribution >= 0.6 is 46.6 Å². The van der Waals surface area contributed by atoms with Crippen molar-refractivity contribution in [3.05, 3.63) is 140 Å². The van der Waals surface area contributed by atoms with Crippen LogP contribution in [0.1, 0.15) is 11.1 Å². The lowest BCUT2D eigenvalue weighted by Crippen LogP contribution is -2.28. The molecule has 1 heterocycles. The molecule has 0 radical (unpaired) electrons. The molecular formula is C33H21Cl3N2O2S. The van der Waals surface area contributed by atoms with Crippen molar-refractivity contribution in [2.75, 3.05) is 4.90 Å². The van der Waals surface area contributed by atoms with Gasteiger partial charge in [-0.2, -0.15) is 0 Å². The van der Waals surface area contributed by atoms with Crippen LogP contribution < -0.4 is 9.64 Å². The van der Waals surface area contributed by atoms with Crippen LogP contribution in [0.25, 0.3) is 16.8 Å². The molecule has 0 aromatic heterocycles. The normalized spacial score (nSPS) is 15.3. The van der Waals surface area contributed by atoms with E-state index in [1.165, 1.54) is 11.8 Å². The standard InChI is InChI=1S/C33H21Cl3N2O2S/c34-23-8-5-21(6-9-23)20-40-30-18-7-22-3-1-2-4-28(22)29(30)19-31-32(39)38(27-16-12-25(36)13-17-27)33(41-31)37-26-14-10-24(35)11-15-26/h1-19H,20H2/b31-19-,37-33?. The fourth-order valence-corrected chi connectivity index (χ4v) is 5.78. The lowest BCUT2D eigenvalue weighted by molar-refractivity contribution is -0.113. The summed E-state index contributed by atoms with van der Waals surface area (Å²) in [4.78, 5) is 20.9. The van der Waals surface area contributed by atoms with Crippen LogP contribution in [0.15, 0.2) is 119 Å². The number of aliphatic imine (C=N–C) groups is 1. The van der Waals surface area contributed by atoms with E-state index in [0.29, 0.717) is 48.9 Å². The first-order valence-electron chi connectivity index (χ1n) is 12.7. The van der Waals surface area contributed by atoms with E-state index in [2.05, 4.69) is 0 Å². The number of nitrogens with zero attached hydrogens (tertiary/aromatic N) is 2. The number of fused-ring (bicyclic) bond motifs is 1. The number of amidine groups is 1. The number of ether oxygens (including phenoxy) is 1. The first-order valence-corrected chi connectivity index (χ1v) is 14.6. The van der Waals surface area contributed by atoms with Gasteiger partial charge >= 0.3 is 0 Å². The third-order valence-corrected chi connectivity index (χ3v) is 8.18. The van der Waals surface area contributed by atoms with Gasteiger partial charge in [-0.1, -0.05) is 77.3 Å². The Balaban J connectivity index is 1.43. The molecule has 4 nitrogen and oxygen atoms in total. The molecule has 0 unspecified atom stereocenters. The van der Waals surface area contributed by atoms with Gasteiger partial charge in [-0.25, -0.2) is 4.99 Å². The second-order valence-electron chi connectivity index (χ2n) is 9.21. The number of hydrogen-bond acceptors (Lipinski definition) is 4. The van der Waals surface area contributed by atoms with Gasteiger partial charge in [-0.05, 0) is 101 Å². The molecule has 5 aromatic rings. The van der Waals surface area contributed by atoms with E-state index in [0.717, 1.165) is 21.9 Å². The number of carbonyl (C=O) groups is 1. The summed E-state index contributed by atoms with van der Waals surface area (Å²) < 4.78 is 6.30. The molecule has 202 valence electrons. The number of hydrogen-bond donors (Lipinski definition) is 0. The van der Waals surface area contributed by atoms with Crippen LogP contribution in [-0.2, 0) is 11.4 Å². The SMILES string of the molecule is O=C1/C(=C/c2c(OCc3ccc(Cl)cc3)ccc3ccccc23)SC(=Nc2ccc(Cl)cc2)N1c1ccc(Cl)cc1. The molecule has 6 rings (SSSR count). The topological polar surface area (TPSA) is 41.9 Å². The number of carbonyl (C=O) groups excluding carboxylic acids is 1. The number of benzene rings is 5. The van der Waals surface area contributed by atoms with Crippen molar-refractivity contribution in [2.45, 2.75) is 6.61 Å². The van der Waals surface area contributed by atoms with Crippen LogP contribution in [0.3, 0.4) is 0 Å². The number of rotatable bonds is 6. The molecule has 1 aliphatic rings. The zero-order valence-corrected chi connectivity index (χ0v) is 24.5. The number of halogens is 3. The number of thioether (sulfide) groups is 1. The Morgan fingerprint density at radius 2 is 1.39 bits per heavy atom. The highest BCUT2D eigenvalue weighted by atomic mass is 35.5. The quantitative estimate of drug-likeness (QED) is 0.179. The second-order valence-corrected chi connectivity index (χ2v) is 11.5. The van der Waals surface area contributed by atoms with Crippen LogP contribution in [-0.4, -0.2) is 11.1 Å². The lowest BCUT2D eigenvalue weighted by Gasteiger charge is -2.16. The van der Waals surface area contributed by atoms with Gasteiger partial charge in [-0.3, -0.25) is 9.69 Å². The fraction of sp³-hybridized carbons (Fsp3) is 0.0303. The van der Waals surface area contributed by atoms with E-state index in [1.54, 1.807) is 41.3 Å². The first-order chi connectivity index (χ1) is 19.9. The highest BCUT2D eigenvalue weighted by molar-refractivity contribution is 8.19. The molecule has 1 saturated heterocycles. The maximum Gasteiger partial charge on any atom is 0.271 e. The summed E-state index contributed by atoms with van der Waals surface area (Å²) in [6, 6.07) is 33.8. The van der Waals surface area contributed by atoms with Crippen molar-refractivity contribution < 1.29 is 9.53 Å². The Labute approximate surface area is 256 Å². The van der Waals surface area contributed by atoms with Gasteiger partial charge in [0.2, 0.25) is 0 Å². The third-order valence-electron chi connectivity index (χ3n) is 6.46. The van der Waals surface area contributed by atoms with Crippen molar-refractivity contribution in [3.8, 4) is 5.75 Å². The lowest BCUT2D eigenvalue weighted by atomic mass is 10.0. The highest BCUT2D eigenvalue weighted by Gasteiger charge is 2.35. The summed E-state index contributed by atoms with van der Waals surface area (Å²) in [5, 5.41) is 4.40. The molecule has 0 aliphatic carbocycles. The fourth-order valence-electron chi connectivity index (χ4n) is 4.42. The van der Waals surface area contributed by atoms with Gasteiger partial charge in [0.25, 0.3) is 5.91 Å². The molecule has 5 aromatic carbocycles. The molecule has 0 saturated carbocycles. The molecule has 1 fully saturated rings. The van der Waals surface area contributed by atoms with E-state index >= 15 is 0 Å². The van der Waals surface area contributed by atoms with Gasteiger partial charge in [0, 0.05) is 20.6 Å². The van der Waals surface area contributed by atoms with Crippen LogP contribution in [0.4, 0.5) is 11.4 Å². The molecule has 1 amide bonds. The van der Waals surface area contributed by atoms with Crippen molar-refractivity contribution >= 4 is 85.9 Å². The zero-order chi connectivity index (χ0) is 28.3. The zero-order valence-electron chi connectivity index (χ0n) is 21.4. The van der Waals surface area contributed by atoms with E-state index in [9.17, 15) is 4.79 Å². The summed E-state index contributed by atoms with van der Waals surface area (Å²) in [6.45, 7) is 0.354. The average molecular weight is 616 g/mol. The minimum Gasteiger partial charge on any atom is -0.488 e. The maximum absolute atomic E-state index is 14.0. The third kappa shape index (κ3) is 6.14. The van der Waals surface area contributed by atoms with Crippen molar-refractivity contribution in [1.29, 1.82) is 0 Å². The molecule has 8 heteroatoms. The molecule has 0 N–H and O–H groups in total. The predicted molar refractivity (Wildman–Crippen MR) is 173 cm³/mol. The maximum atomic E-state index is 14.0. The van der Waals surface area contributed by atoms with E-state index in [4.69, 9.17) is 44.5 Å². The van der Waals surface area contributed by atoms with Crippen LogP contribution in [0.2, 0.25) is 15.1 Å². The van der Waals surface area contributed by atoms with E-state index in [-0.39, 0.29) is 5.91 Å². The van der Waals surface area contributed by atoms with Gasteiger partial charge in [-0.15, -0.1) is 0 Å². The van der Waals surface area contributed by atoms with Gasteiger partial charge < -0.3 is 4.74 Å². The van der Waals surface area contributed by atoms with Crippen molar-refractivity contribution in [1.82, 2.24) is 0 Å². The molecule has 1 aliphatic heterocycles. The van der Waals surface area contributed by atoms with Gasteiger partial charge in [0.05, 0.1) is 16.3 Å². The summed E-state index contributed by atoms with van der Waals surface area (Å²) in [5.41, 5.74) is 3.15. The van der Waals surface area contributed by atoms with Gasteiger partial charge in [0.15, 0.2) is 5.17 Å². The average Bonchev–Trinajstić information content (AvgIpc) is 3.29. The minimum atomic E-state index is -0.193. The summed E-state index contributed by atoms with van der Waals surface area (Å²) in [5.74, 6) is 0.474. The number of anilines is 1. The highest BCUT2D eigenvalue weighted by Crippen LogP contribution is 2.40. The molecule has 41 heavy (non-hydrogen) atoms. The van der Waals surface area contributed by atoms with Crippen LogP contribution in [0, 0.1) is 0 Å². The van der Waals surface area contributed by atoms with Gasteiger partial charge in [0.1, 0.15) is 12.4 Å². The number of amides is 1. The smallest absolute Gasteiger partial charge is 0.271 e. The Morgan fingerprint density at radius 1 is 0.756 bits per heavy atom. The first kappa shape index (κ1) is 27.4. The molecule has 0 spiro atoms. The Morgan fingerprint density at radius 3 is 2.10 bits per heavy atom. The Hall–Kier alpha value is -3.74. The molecule has 0 bridgehead atoms. The largest absolute Gasteiger partial charge is 0.488 e.